The molecular formula is C14H19NO3. The van der Waals surface area contributed by atoms with Crippen molar-refractivity contribution < 1.29 is 14.3 Å². The lowest BCUT2D eigenvalue weighted by atomic mass is 10.2. The Balaban J connectivity index is 1.87. The van der Waals surface area contributed by atoms with Crippen LogP contribution in [0.2, 0.25) is 0 Å². The standard InChI is InChI=1S/C14H19NO3/c1-2-9-17-12-7-5-11(6-8-12)15-14(16)13-4-3-10-18-13/h5-8,13H,2-4,9-10H2,1H3,(H,15,16). The monoisotopic (exact) mass is 249 g/mol. The summed E-state index contributed by atoms with van der Waals surface area (Å²) in [6.45, 7) is 3.46. The van der Waals surface area contributed by atoms with Crippen LogP contribution in [0, 0.1) is 0 Å². The minimum atomic E-state index is -0.291. The molecule has 98 valence electrons. The number of carbonyl (C=O) groups excluding carboxylic acids is 1. The maximum Gasteiger partial charge on any atom is 0.253 e. The van der Waals surface area contributed by atoms with Crippen LogP contribution in [0.3, 0.4) is 0 Å². The summed E-state index contributed by atoms with van der Waals surface area (Å²) in [4.78, 5) is 11.8. The second-order valence-corrected chi connectivity index (χ2v) is 4.36. The summed E-state index contributed by atoms with van der Waals surface area (Å²) in [5, 5.41) is 2.85. The van der Waals surface area contributed by atoms with Crippen molar-refractivity contribution in [1.82, 2.24) is 0 Å². The number of hydrogen-bond donors (Lipinski definition) is 1. The zero-order valence-corrected chi connectivity index (χ0v) is 10.6. The second-order valence-electron chi connectivity index (χ2n) is 4.36. The van der Waals surface area contributed by atoms with Gasteiger partial charge in [0.15, 0.2) is 0 Å². The maximum atomic E-state index is 11.8. The quantitative estimate of drug-likeness (QED) is 0.872. The number of anilines is 1. The summed E-state index contributed by atoms with van der Waals surface area (Å²) in [7, 11) is 0. The minimum Gasteiger partial charge on any atom is -0.494 e. The molecule has 1 heterocycles. The average molecular weight is 249 g/mol. The minimum absolute atomic E-state index is 0.0604. The van der Waals surface area contributed by atoms with E-state index < -0.39 is 0 Å². The predicted molar refractivity (Wildman–Crippen MR) is 69.8 cm³/mol. The van der Waals surface area contributed by atoms with Crippen molar-refractivity contribution in [3.05, 3.63) is 24.3 Å². The molecule has 1 fully saturated rings. The Morgan fingerprint density at radius 2 is 2.22 bits per heavy atom. The SMILES string of the molecule is CCCOc1ccc(NC(=O)C2CCCO2)cc1. The van der Waals surface area contributed by atoms with Crippen molar-refractivity contribution in [2.24, 2.45) is 0 Å². The van der Waals surface area contributed by atoms with Crippen LogP contribution in [-0.2, 0) is 9.53 Å². The smallest absolute Gasteiger partial charge is 0.253 e. The fourth-order valence-electron chi connectivity index (χ4n) is 1.86. The molecular weight excluding hydrogens is 230 g/mol. The van der Waals surface area contributed by atoms with Crippen molar-refractivity contribution >= 4 is 11.6 Å². The third kappa shape index (κ3) is 3.47. The molecule has 1 aromatic rings. The third-order valence-electron chi connectivity index (χ3n) is 2.82. The van der Waals surface area contributed by atoms with Crippen molar-refractivity contribution in [3.63, 3.8) is 0 Å². The van der Waals surface area contributed by atoms with Crippen LogP contribution in [0.5, 0.6) is 5.75 Å². The molecule has 1 aliphatic heterocycles. The van der Waals surface area contributed by atoms with Crippen LogP contribution >= 0.6 is 0 Å². The summed E-state index contributed by atoms with van der Waals surface area (Å²) in [5.41, 5.74) is 0.777. The molecule has 0 radical (unpaired) electrons. The second kappa shape index (κ2) is 6.40. The number of nitrogens with one attached hydrogen (secondary N) is 1. The first-order chi connectivity index (χ1) is 8.79. The summed E-state index contributed by atoms with van der Waals surface area (Å²) in [6, 6.07) is 7.41. The Morgan fingerprint density at radius 1 is 1.44 bits per heavy atom. The van der Waals surface area contributed by atoms with Gasteiger partial charge in [0.05, 0.1) is 6.61 Å². The van der Waals surface area contributed by atoms with Crippen LogP contribution in [0.15, 0.2) is 24.3 Å². The molecule has 4 nitrogen and oxygen atoms in total. The highest BCUT2D eigenvalue weighted by atomic mass is 16.5. The van der Waals surface area contributed by atoms with E-state index in [0.717, 1.165) is 30.7 Å². The van der Waals surface area contributed by atoms with Crippen molar-refractivity contribution in [3.8, 4) is 5.75 Å². The first-order valence-corrected chi connectivity index (χ1v) is 6.45. The topological polar surface area (TPSA) is 47.6 Å². The molecule has 1 aliphatic rings. The first kappa shape index (κ1) is 12.9. The summed E-state index contributed by atoms with van der Waals surface area (Å²) in [6.07, 6.45) is 2.46. The van der Waals surface area contributed by atoms with Gasteiger partial charge in [-0.2, -0.15) is 0 Å². The highest BCUT2D eigenvalue weighted by Crippen LogP contribution is 2.18. The lowest BCUT2D eigenvalue weighted by molar-refractivity contribution is -0.124. The number of benzene rings is 1. The van der Waals surface area contributed by atoms with Gasteiger partial charge >= 0.3 is 0 Å². The Bertz CT molecular complexity index is 383. The Morgan fingerprint density at radius 3 is 2.83 bits per heavy atom. The molecule has 0 bridgehead atoms. The number of ether oxygens (including phenoxy) is 2. The van der Waals surface area contributed by atoms with E-state index in [1.165, 1.54) is 0 Å². The molecule has 2 rings (SSSR count). The van der Waals surface area contributed by atoms with Crippen molar-refractivity contribution in [2.75, 3.05) is 18.5 Å². The zero-order valence-electron chi connectivity index (χ0n) is 10.6. The third-order valence-corrected chi connectivity index (χ3v) is 2.82. The van der Waals surface area contributed by atoms with E-state index in [9.17, 15) is 4.79 Å². The van der Waals surface area contributed by atoms with Gasteiger partial charge in [-0.1, -0.05) is 6.92 Å². The maximum absolute atomic E-state index is 11.8. The number of carbonyl (C=O) groups is 1. The average Bonchev–Trinajstić information content (AvgIpc) is 2.92. The van der Waals surface area contributed by atoms with E-state index in [-0.39, 0.29) is 12.0 Å². The van der Waals surface area contributed by atoms with Gasteiger partial charge in [0, 0.05) is 12.3 Å². The Kier molecular flexibility index (Phi) is 4.59. The van der Waals surface area contributed by atoms with E-state index in [1.54, 1.807) is 0 Å². The van der Waals surface area contributed by atoms with E-state index in [4.69, 9.17) is 9.47 Å². The number of amides is 1. The lowest BCUT2D eigenvalue weighted by Gasteiger charge is -2.11. The van der Waals surface area contributed by atoms with Crippen LogP contribution < -0.4 is 10.1 Å². The highest BCUT2D eigenvalue weighted by Gasteiger charge is 2.23. The molecule has 0 aromatic heterocycles. The van der Waals surface area contributed by atoms with Crippen molar-refractivity contribution in [1.29, 1.82) is 0 Å². The van der Waals surface area contributed by atoms with Gasteiger partial charge in [-0.25, -0.2) is 0 Å². The lowest BCUT2D eigenvalue weighted by Crippen LogP contribution is -2.26. The van der Waals surface area contributed by atoms with E-state index in [0.29, 0.717) is 13.2 Å². The molecule has 1 saturated heterocycles. The molecule has 0 spiro atoms. The van der Waals surface area contributed by atoms with Gasteiger partial charge in [0.25, 0.3) is 5.91 Å². The van der Waals surface area contributed by atoms with Crippen LogP contribution in [0.1, 0.15) is 26.2 Å². The Hall–Kier alpha value is -1.55. The van der Waals surface area contributed by atoms with Gasteiger partial charge in [-0.05, 0) is 43.5 Å². The van der Waals surface area contributed by atoms with Gasteiger partial charge in [-0.15, -0.1) is 0 Å². The van der Waals surface area contributed by atoms with E-state index in [1.807, 2.05) is 24.3 Å². The first-order valence-electron chi connectivity index (χ1n) is 6.45. The number of hydrogen-bond acceptors (Lipinski definition) is 3. The molecule has 1 unspecified atom stereocenters. The van der Waals surface area contributed by atoms with Gasteiger partial charge in [0.2, 0.25) is 0 Å². The van der Waals surface area contributed by atoms with Crippen molar-refractivity contribution in [2.45, 2.75) is 32.3 Å². The van der Waals surface area contributed by atoms with E-state index >= 15 is 0 Å². The summed E-state index contributed by atoms with van der Waals surface area (Å²) < 4.78 is 10.8. The molecule has 1 atom stereocenters. The Labute approximate surface area is 107 Å². The van der Waals surface area contributed by atoms with Crippen LogP contribution in [0.25, 0.3) is 0 Å². The molecule has 1 amide bonds. The molecule has 18 heavy (non-hydrogen) atoms. The normalized spacial score (nSPS) is 18.6. The largest absolute Gasteiger partial charge is 0.494 e. The summed E-state index contributed by atoms with van der Waals surface area (Å²) in [5.74, 6) is 0.765. The highest BCUT2D eigenvalue weighted by molar-refractivity contribution is 5.94. The molecule has 0 saturated carbocycles. The number of rotatable bonds is 5. The predicted octanol–water partition coefficient (Wildman–Crippen LogP) is 2.59. The van der Waals surface area contributed by atoms with Gasteiger partial charge < -0.3 is 14.8 Å². The zero-order chi connectivity index (χ0) is 12.8. The van der Waals surface area contributed by atoms with Crippen LogP contribution in [0.4, 0.5) is 5.69 Å². The van der Waals surface area contributed by atoms with Crippen LogP contribution in [-0.4, -0.2) is 25.2 Å². The fourth-order valence-corrected chi connectivity index (χ4v) is 1.86. The fraction of sp³-hybridized carbons (Fsp3) is 0.500. The van der Waals surface area contributed by atoms with Gasteiger partial charge in [-0.3, -0.25) is 4.79 Å². The van der Waals surface area contributed by atoms with Gasteiger partial charge in [0.1, 0.15) is 11.9 Å². The molecule has 1 aromatic carbocycles. The molecule has 0 aliphatic carbocycles. The molecule has 1 N–H and O–H groups in total. The molecule has 4 heteroatoms. The summed E-state index contributed by atoms with van der Waals surface area (Å²) >= 11 is 0. The van der Waals surface area contributed by atoms with E-state index in [2.05, 4.69) is 12.2 Å².